The molecule has 6 heteroatoms. The second kappa shape index (κ2) is 5.20. The van der Waals surface area contributed by atoms with Gasteiger partial charge >= 0.3 is 0 Å². The van der Waals surface area contributed by atoms with E-state index in [0.29, 0.717) is 18.8 Å². The lowest BCUT2D eigenvalue weighted by molar-refractivity contribution is 0.0950. The number of aromatic amines is 1. The summed E-state index contributed by atoms with van der Waals surface area (Å²) in [6.07, 6.45) is 1.92. The van der Waals surface area contributed by atoms with Gasteiger partial charge in [-0.1, -0.05) is 12.1 Å². The first-order valence-corrected chi connectivity index (χ1v) is 5.14. The minimum absolute atomic E-state index is 0.0464. The van der Waals surface area contributed by atoms with Gasteiger partial charge in [0.15, 0.2) is 0 Å². The van der Waals surface area contributed by atoms with Gasteiger partial charge in [-0.2, -0.15) is 5.10 Å². The average Bonchev–Trinajstić information content (AvgIpc) is 2.82. The summed E-state index contributed by atoms with van der Waals surface area (Å²) in [5.74, 6) is -0.272. The van der Waals surface area contributed by atoms with Gasteiger partial charge in [-0.3, -0.25) is 9.89 Å². The third-order valence-corrected chi connectivity index (χ3v) is 2.23. The normalized spacial score (nSPS) is 10.2. The Morgan fingerprint density at radius 3 is 2.94 bits per heavy atom. The molecule has 1 amide bonds. The number of nitrogens with one attached hydrogen (secondary N) is 2. The summed E-state index contributed by atoms with van der Waals surface area (Å²) >= 11 is 0. The highest BCUT2D eigenvalue weighted by Gasteiger charge is 2.09. The van der Waals surface area contributed by atoms with Crippen molar-refractivity contribution in [3.05, 3.63) is 47.8 Å². The Balaban J connectivity index is 1.88. The van der Waals surface area contributed by atoms with E-state index >= 15 is 0 Å². The van der Waals surface area contributed by atoms with Crippen LogP contribution in [0.3, 0.4) is 0 Å². The van der Waals surface area contributed by atoms with Crippen LogP contribution in [0.15, 0.2) is 30.6 Å². The summed E-state index contributed by atoms with van der Waals surface area (Å²) in [4.78, 5) is 15.5. The van der Waals surface area contributed by atoms with Gasteiger partial charge < -0.3 is 5.32 Å². The first-order chi connectivity index (χ1) is 8.27. The molecule has 0 saturated heterocycles. The van der Waals surface area contributed by atoms with Crippen molar-refractivity contribution in [2.75, 3.05) is 6.54 Å². The second-order valence-electron chi connectivity index (χ2n) is 3.42. The van der Waals surface area contributed by atoms with Gasteiger partial charge in [0, 0.05) is 13.0 Å². The van der Waals surface area contributed by atoms with E-state index in [-0.39, 0.29) is 5.56 Å². The molecule has 0 fully saturated rings. The van der Waals surface area contributed by atoms with Crippen molar-refractivity contribution in [1.29, 1.82) is 0 Å². The summed E-state index contributed by atoms with van der Waals surface area (Å²) in [5.41, 5.74) is 0.0464. The number of nitrogens with zero attached hydrogens (tertiary/aromatic N) is 2. The molecule has 1 heterocycles. The fourth-order valence-electron chi connectivity index (χ4n) is 1.39. The van der Waals surface area contributed by atoms with Crippen molar-refractivity contribution in [3.63, 3.8) is 0 Å². The van der Waals surface area contributed by atoms with Crippen LogP contribution >= 0.6 is 0 Å². The molecule has 0 aliphatic carbocycles. The zero-order chi connectivity index (χ0) is 12.1. The number of rotatable bonds is 4. The predicted molar refractivity (Wildman–Crippen MR) is 58.8 cm³/mol. The van der Waals surface area contributed by atoms with E-state index in [1.807, 2.05) is 0 Å². The third kappa shape index (κ3) is 2.87. The minimum atomic E-state index is -0.523. The number of hydrogen-bond donors (Lipinski definition) is 2. The molecule has 0 bridgehead atoms. The Morgan fingerprint density at radius 1 is 1.41 bits per heavy atom. The molecule has 5 nitrogen and oxygen atoms in total. The molecule has 0 aliphatic heterocycles. The summed E-state index contributed by atoms with van der Waals surface area (Å²) in [5, 5.41) is 8.97. The molecule has 0 radical (unpaired) electrons. The van der Waals surface area contributed by atoms with Gasteiger partial charge in [-0.15, -0.1) is 0 Å². The molecule has 0 unspecified atom stereocenters. The fourth-order valence-corrected chi connectivity index (χ4v) is 1.39. The molecule has 0 spiro atoms. The summed E-state index contributed by atoms with van der Waals surface area (Å²) < 4.78 is 13.3. The third-order valence-electron chi connectivity index (χ3n) is 2.23. The monoisotopic (exact) mass is 234 g/mol. The van der Waals surface area contributed by atoms with Crippen LogP contribution in [0.4, 0.5) is 4.39 Å². The highest BCUT2D eigenvalue weighted by atomic mass is 19.1. The minimum Gasteiger partial charge on any atom is -0.351 e. The van der Waals surface area contributed by atoms with Crippen LogP contribution in [0, 0.1) is 5.82 Å². The first-order valence-electron chi connectivity index (χ1n) is 5.14. The Kier molecular flexibility index (Phi) is 3.44. The summed E-state index contributed by atoms with van der Waals surface area (Å²) in [7, 11) is 0. The standard InChI is InChI=1S/C11H11FN4O/c12-9-4-2-1-3-8(9)11(17)13-6-5-10-14-7-15-16-10/h1-4,7H,5-6H2,(H,13,17)(H,14,15,16). The quantitative estimate of drug-likeness (QED) is 0.826. The molecule has 0 atom stereocenters. The van der Waals surface area contributed by atoms with E-state index in [0.717, 1.165) is 0 Å². The van der Waals surface area contributed by atoms with E-state index in [2.05, 4.69) is 20.5 Å². The summed E-state index contributed by atoms with van der Waals surface area (Å²) in [6, 6.07) is 5.86. The van der Waals surface area contributed by atoms with Crippen LogP contribution in [0.5, 0.6) is 0 Å². The van der Waals surface area contributed by atoms with E-state index in [4.69, 9.17) is 0 Å². The first kappa shape index (κ1) is 11.3. The molecular formula is C11H11FN4O. The Bertz CT molecular complexity index is 498. The fraction of sp³-hybridized carbons (Fsp3) is 0.182. The number of benzene rings is 1. The van der Waals surface area contributed by atoms with Gasteiger partial charge in [0.05, 0.1) is 5.56 Å². The molecule has 17 heavy (non-hydrogen) atoms. The van der Waals surface area contributed by atoms with Crippen molar-refractivity contribution < 1.29 is 9.18 Å². The molecule has 2 N–H and O–H groups in total. The smallest absolute Gasteiger partial charge is 0.254 e. The topological polar surface area (TPSA) is 70.7 Å². The predicted octanol–water partition coefficient (Wildman–Crippen LogP) is 0.916. The maximum Gasteiger partial charge on any atom is 0.254 e. The van der Waals surface area contributed by atoms with Crippen molar-refractivity contribution in [2.24, 2.45) is 0 Å². The van der Waals surface area contributed by atoms with Gasteiger partial charge in [0.1, 0.15) is 18.0 Å². The maximum atomic E-state index is 13.3. The molecule has 2 rings (SSSR count). The highest BCUT2D eigenvalue weighted by molar-refractivity contribution is 5.94. The molecule has 2 aromatic rings. The Morgan fingerprint density at radius 2 is 2.24 bits per heavy atom. The molecule has 1 aromatic heterocycles. The van der Waals surface area contributed by atoms with Crippen LogP contribution in [-0.2, 0) is 6.42 Å². The zero-order valence-corrected chi connectivity index (χ0v) is 8.98. The molecule has 88 valence electrons. The lowest BCUT2D eigenvalue weighted by Gasteiger charge is -2.04. The van der Waals surface area contributed by atoms with Gasteiger partial charge in [-0.05, 0) is 12.1 Å². The van der Waals surface area contributed by atoms with Crippen molar-refractivity contribution in [1.82, 2.24) is 20.5 Å². The van der Waals surface area contributed by atoms with Crippen molar-refractivity contribution in [3.8, 4) is 0 Å². The average molecular weight is 234 g/mol. The maximum absolute atomic E-state index is 13.3. The number of carbonyl (C=O) groups excluding carboxylic acids is 1. The van der Waals surface area contributed by atoms with E-state index in [1.165, 1.54) is 18.5 Å². The van der Waals surface area contributed by atoms with Crippen LogP contribution < -0.4 is 5.32 Å². The van der Waals surface area contributed by atoms with Gasteiger partial charge in [0.2, 0.25) is 0 Å². The molecule has 0 aliphatic rings. The number of carbonyl (C=O) groups is 1. The Labute approximate surface area is 97.1 Å². The lowest BCUT2D eigenvalue weighted by Crippen LogP contribution is -2.26. The second-order valence-corrected chi connectivity index (χ2v) is 3.42. The zero-order valence-electron chi connectivity index (χ0n) is 8.98. The van der Waals surface area contributed by atoms with Crippen LogP contribution in [0.2, 0.25) is 0 Å². The van der Waals surface area contributed by atoms with E-state index < -0.39 is 11.7 Å². The van der Waals surface area contributed by atoms with Crippen LogP contribution in [-0.4, -0.2) is 27.6 Å². The highest BCUT2D eigenvalue weighted by Crippen LogP contribution is 2.05. The molecular weight excluding hydrogens is 223 g/mol. The number of amides is 1. The van der Waals surface area contributed by atoms with Crippen molar-refractivity contribution >= 4 is 5.91 Å². The van der Waals surface area contributed by atoms with Crippen molar-refractivity contribution in [2.45, 2.75) is 6.42 Å². The molecule has 0 saturated carbocycles. The SMILES string of the molecule is O=C(NCCc1ncn[nH]1)c1ccccc1F. The summed E-state index contributed by atoms with van der Waals surface area (Å²) in [6.45, 7) is 0.377. The number of H-pyrrole nitrogens is 1. The molecule has 1 aromatic carbocycles. The van der Waals surface area contributed by atoms with E-state index in [1.54, 1.807) is 12.1 Å². The van der Waals surface area contributed by atoms with Crippen LogP contribution in [0.25, 0.3) is 0 Å². The van der Waals surface area contributed by atoms with Gasteiger partial charge in [0.25, 0.3) is 5.91 Å². The Hall–Kier alpha value is -2.24. The largest absolute Gasteiger partial charge is 0.351 e. The van der Waals surface area contributed by atoms with E-state index in [9.17, 15) is 9.18 Å². The number of aromatic nitrogens is 3. The number of halogens is 1. The van der Waals surface area contributed by atoms with Gasteiger partial charge in [-0.25, -0.2) is 9.37 Å². The lowest BCUT2D eigenvalue weighted by atomic mass is 10.2. The van der Waals surface area contributed by atoms with Crippen LogP contribution in [0.1, 0.15) is 16.2 Å². The number of hydrogen-bond acceptors (Lipinski definition) is 3.